The lowest BCUT2D eigenvalue weighted by atomic mass is 10.1. The number of pyridine rings is 1. The Morgan fingerprint density at radius 3 is 2.48 bits per heavy atom. The molecule has 0 aliphatic heterocycles. The summed E-state index contributed by atoms with van der Waals surface area (Å²) in [6, 6.07) is 17.1. The van der Waals surface area contributed by atoms with E-state index in [2.05, 4.69) is 11.1 Å². The van der Waals surface area contributed by atoms with Gasteiger partial charge in [0.1, 0.15) is 17.6 Å². The molecule has 0 saturated heterocycles. The van der Waals surface area contributed by atoms with Crippen LogP contribution in [-0.2, 0) is 6.18 Å². The lowest BCUT2D eigenvalue weighted by Crippen LogP contribution is -2.06. The minimum atomic E-state index is -4.54. The number of ether oxygens (including phenoxy) is 1. The van der Waals surface area contributed by atoms with Gasteiger partial charge in [-0.1, -0.05) is 12.1 Å². The van der Waals surface area contributed by atoms with Crippen molar-refractivity contribution in [2.75, 3.05) is 6.61 Å². The first-order valence-electron chi connectivity index (χ1n) is 8.00. The van der Waals surface area contributed by atoms with Crippen molar-refractivity contribution in [3.8, 4) is 22.8 Å². The first-order chi connectivity index (χ1) is 12.9. The van der Waals surface area contributed by atoms with E-state index in [4.69, 9.17) is 9.84 Å². The highest BCUT2D eigenvalue weighted by Gasteiger charge is 2.34. The Morgan fingerprint density at radius 1 is 1.07 bits per heavy atom. The zero-order valence-corrected chi connectivity index (χ0v) is 13.9. The highest BCUT2D eigenvalue weighted by Crippen LogP contribution is 2.38. The van der Waals surface area contributed by atoms with Gasteiger partial charge in [0.15, 0.2) is 0 Å². The molecule has 2 N–H and O–H groups in total. The third kappa shape index (κ3) is 4.45. The number of nitrogens with zero attached hydrogens (tertiary/aromatic N) is 1. The number of benzene rings is 2. The van der Waals surface area contributed by atoms with Crippen LogP contribution in [0.4, 0.5) is 13.2 Å². The molecule has 1 unspecified atom stereocenters. The fourth-order valence-electron chi connectivity index (χ4n) is 2.44. The van der Waals surface area contributed by atoms with E-state index in [9.17, 15) is 18.3 Å². The second kappa shape index (κ2) is 7.77. The van der Waals surface area contributed by atoms with Gasteiger partial charge >= 0.3 is 6.18 Å². The summed E-state index contributed by atoms with van der Waals surface area (Å²) in [5, 5.41) is 18.7. The van der Waals surface area contributed by atoms with Gasteiger partial charge in [0.2, 0.25) is 0 Å². The van der Waals surface area contributed by atoms with Crippen LogP contribution in [0.3, 0.4) is 0 Å². The molecule has 1 aromatic heterocycles. The Kier molecular flexibility index (Phi) is 5.43. The molecule has 0 aliphatic carbocycles. The second-order valence-electron chi connectivity index (χ2n) is 5.69. The van der Waals surface area contributed by atoms with Crippen molar-refractivity contribution in [1.29, 1.82) is 0 Å². The molecule has 0 aliphatic rings. The molecule has 139 valence electrons. The van der Waals surface area contributed by atoms with E-state index in [0.717, 1.165) is 6.07 Å². The molecule has 0 saturated carbocycles. The van der Waals surface area contributed by atoms with E-state index in [-0.39, 0.29) is 11.5 Å². The van der Waals surface area contributed by atoms with Gasteiger partial charge in [0.05, 0.1) is 23.6 Å². The molecule has 7 heteroatoms. The van der Waals surface area contributed by atoms with Gasteiger partial charge in [0.25, 0.3) is 0 Å². The van der Waals surface area contributed by atoms with Gasteiger partial charge in [0, 0.05) is 5.56 Å². The summed E-state index contributed by atoms with van der Waals surface area (Å²) in [6.45, 7) is -0.445. The summed E-state index contributed by atoms with van der Waals surface area (Å²) in [5.41, 5.74) is 0.663. The van der Waals surface area contributed by atoms with Crippen LogP contribution in [0.5, 0.6) is 11.5 Å². The molecule has 1 radical (unpaired) electrons. The molecule has 0 spiro atoms. The second-order valence-corrected chi connectivity index (χ2v) is 5.69. The van der Waals surface area contributed by atoms with Crippen molar-refractivity contribution in [2.24, 2.45) is 0 Å². The van der Waals surface area contributed by atoms with E-state index in [1.165, 1.54) is 24.3 Å². The van der Waals surface area contributed by atoms with Crippen LogP contribution in [0, 0.1) is 6.07 Å². The van der Waals surface area contributed by atoms with Crippen molar-refractivity contribution in [3.63, 3.8) is 0 Å². The topological polar surface area (TPSA) is 62.6 Å². The van der Waals surface area contributed by atoms with E-state index in [0.29, 0.717) is 17.0 Å². The third-order valence-corrected chi connectivity index (χ3v) is 3.79. The first-order valence-corrected chi connectivity index (χ1v) is 8.00. The van der Waals surface area contributed by atoms with Gasteiger partial charge < -0.3 is 14.9 Å². The molecule has 2 aromatic carbocycles. The maximum atomic E-state index is 13.0. The third-order valence-electron chi connectivity index (χ3n) is 3.79. The lowest BCUT2D eigenvalue weighted by Gasteiger charge is -2.13. The minimum Gasteiger partial charge on any atom is -0.457 e. The molecule has 1 atom stereocenters. The van der Waals surface area contributed by atoms with Gasteiger partial charge in [-0.05, 0) is 54.6 Å². The molecule has 4 nitrogen and oxygen atoms in total. The first kappa shape index (κ1) is 18.9. The molecular formula is C20H15F3NO3. The Bertz CT molecular complexity index is 911. The Balaban J connectivity index is 1.83. The maximum Gasteiger partial charge on any atom is 0.420 e. The number of hydrogen-bond acceptors (Lipinski definition) is 4. The minimum absolute atomic E-state index is 0.238. The molecular weight excluding hydrogens is 359 g/mol. The molecule has 3 aromatic rings. The Labute approximate surface area is 153 Å². The van der Waals surface area contributed by atoms with Gasteiger partial charge in [-0.25, -0.2) is 4.98 Å². The molecule has 0 fully saturated rings. The van der Waals surface area contributed by atoms with Crippen molar-refractivity contribution < 1.29 is 28.1 Å². The van der Waals surface area contributed by atoms with Crippen LogP contribution in [0.15, 0.2) is 60.7 Å². The summed E-state index contributed by atoms with van der Waals surface area (Å²) < 4.78 is 44.4. The van der Waals surface area contributed by atoms with Crippen LogP contribution in [0.2, 0.25) is 0 Å². The number of rotatable bonds is 5. The van der Waals surface area contributed by atoms with Crippen LogP contribution in [0.1, 0.15) is 17.4 Å². The zero-order chi connectivity index (χ0) is 19.4. The number of alkyl halides is 3. The highest BCUT2D eigenvalue weighted by atomic mass is 19.4. The van der Waals surface area contributed by atoms with Crippen LogP contribution in [-0.4, -0.2) is 21.8 Å². The fraction of sp³-hybridized carbons (Fsp3) is 0.150. The summed E-state index contributed by atoms with van der Waals surface area (Å²) in [6.07, 6.45) is -5.62. The summed E-state index contributed by atoms with van der Waals surface area (Å²) >= 11 is 0. The van der Waals surface area contributed by atoms with E-state index in [1.807, 2.05) is 0 Å². The van der Waals surface area contributed by atoms with Crippen LogP contribution >= 0.6 is 0 Å². The molecule has 0 amide bonds. The van der Waals surface area contributed by atoms with Gasteiger partial charge in [-0.2, -0.15) is 13.2 Å². The van der Waals surface area contributed by atoms with Crippen LogP contribution in [0.25, 0.3) is 11.3 Å². The maximum absolute atomic E-state index is 13.0. The number of aliphatic hydroxyl groups excluding tert-OH is 2. The van der Waals surface area contributed by atoms with Crippen molar-refractivity contribution in [2.45, 2.75) is 12.3 Å². The van der Waals surface area contributed by atoms with Crippen molar-refractivity contribution in [1.82, 2.24) is 4.98 Å². The average Bonchev–Trinajstić information content (AvgIpc) is 2.67. The lowest BCUT2D eigenvalue weighted by molar-refractivity contribution is -0.138. The predicted octanol–water partition coefficient (Wildman–Crippen LogP) is 4.39. The number of aromatic nitrogens is 1. The van der Waals surface area contributed by atoms with Crippen LogP contribution < -0.4 is 4.74 Å². The standard InChI is InChI=1S/C20H15F3NO3/c21-20(22,23)15-4-1-2-7-19(15)27-14-10-8-13(9-11-14)16-5-3-6-17(24-16)18(26)12-25/h2-11,18,25-26H,12H2. The SMILES string of the molecule is OCC(O)c1cccc(-c2ccc(Oc3cc[c]cc3C(F)(F)F)cc2)n1. The molecule has 27 heavy (non-hydrogen) atoms. The normalized spacial score (nSPS) is 12.6. The fourth-order valence-corrected chi connectivity index (χ4v) is 2.44. The summed E-state index contributed by atoms with van der Waals surface area (Å²) in [4.78, 5) is 4.27. The van der Waals surface area contributed by atoms with Gasteiger partial charge in [-0.3, -0.25) is 0 Å². The zero-order valence-electron chi connectivity index (χ0n) is 13.9. The quantitative estimate of drug-likeness (QED) is 0.696. The summed E-state index contributed by atoms with van der Waals surface area (Å²) in [5.74, 6) is -0.0674. The molecule has 1 heterocycles. The van der Waals surface area contributed by atoms with E-state index >= 15 is 0 Å². The number of aliphatic hydroxyl groups is 2. The molecule has 3 rings (SSSR count). The smallest absolute Gasteiger partial charge is 0.420 e. The summed E-state index contributed by atoms with van der Waals surface area (Å²) in [7, 11) is 0. The highest BCUT2D eigenvalue weighted by molar-refractivity contribution is 5.60. The predicted molar refractivity (Wildman–Crippen MR) is 92.1 cm³/mol. The Morgan fingerprint density at radius 2 is 1.81 bits per heavy atom. The van der Waals surface area contributed by atoms with E-state index in [1.54, 1.807) is 30.3 Å². The number of halogens is 3. The van der Waals surface area contributed by atoms with Crippen molar-refractivity contribution in [3.05, 3.63) is 78.0 Å². The van der Waals surface area contributed by atoms with Gasteiger partial charge in [-0.15, -0.1) is 0 Å². The van der Waals surface area contributed by atoms with Crippen molar-refractivity contribution >= 4 is 0 Å². The molecule has 0 bridgehead atoms. The average molecular weight is 374 g/mol. The Hall–Kier alpha value is -2.90. The number of hydrogen-bond donors (Lipinski definition) is 2. The monoisotopic (exact) mass is 374 g/mol. The largest absolute Gasteiger partial charge is 0.457 e. The van der Waals surface area contributed by atoms with E-state index < -0.39 is 24.5 Å².